The van der Waals surface area contributed by atoms with Crippen molar-refractivity contribution in [1.29, 1.82) is 0 Å². The Morgan fingerprint density at radius 2 is 1.79 bits per heavy atom. The van der Waals surface area contributed by atoms with E-state index in [1.807, 2.05) is 31.3 Å². The number of likely N-dealkylation sites (N-methyl/N-ethyl adjacent to an activating group) is 1. The maximum Gasteiger partial charge on any atom is 0.123 e. The third kappa shape index (κ3) is 5.84. The molecule has 1 aliphatic carbocycles. The summed E-state index contributed by atoms with van der Waals surface area (Å²) in [4.78, 5) is 0. The average Bonchev–Trinajstić information content (AvgIpc) is 2.67. The van der Waals surface area contributed by atoms with Crippen LogP contribution in [0.4, 0.5) is 4.39 Å². The van der Waals surface area contributed by atoms with Crippen LogP contribution in [0, 0.1) is 5.82 Å². The van der Waals surface area contributed by atoms with Crippen LogP contribution in [0.1, 0.15) is 43.2 Å². The van der Waals surface area contributed by atoms with Crippen LogP contribution in [0.25, 0.3) is 0 Å². The van der Waals surface area contributed by atoms with Crippen LogP contribution in [0.5, 0.6) is 0 Å². The number of benzene rings is 2. The van der Waals surface area contributed by atoms with Gasteiger partial charge in [-0.05, 0) is 68.6 Å². The van der Waals surface area contributed by atoms with Gasteiger partial charge in [-0.15, -0.1) is 24.8 Å². The molecule has 0 amide bonds. The first-order valence-corrected chi connectivity index (χ1v) is 9.95. The Hall–Kier alpha value is -0.840. The summed E-state index contributed by atoms with van der Waals surface area (Å²) in [6, 6.07) is 15.4. The highest BCUT2D eigenvalue weighted by Crippen LogP contribution is 2.40. The lowest BCUT2D eigenvalue weighted by Gasteiger charge is -2.45. The quantitative estimate of drug-likeness (QED) is 0.516. The summed E-state index contributed by atoms with van der Waals surface area (Å²) in [6.07, 6.45) is 6.66. The van der Waals surface area contributed by atoms with Gasteiger partial charge in [-0.2, -0.15) is 0 Å². The summed E-state index contributed by atoms with van der Waals surface area (Å²) >= 11 is 6.55. The van der Waals surface area contributed by atoms with E-state index in [4.69, 9.17) is 11.6 Å². The van der Waals surface area contributed by atoms with Crippen molar-refractivity contribution in [2.24, 2.45) is 0 Å². The minimum absolute atomic E-state index is 0. The van der Waals surface area contributed by atoms with E-state index in [0.29, 0.717) is 6.04 Å². The molecule has 0 aliphatic heterocycles. The van der Waals surface area contributed by atoms with E-state index in [2.05, 4.69) is 22.8 Å². The Morgan fingerprint density at radius 1 is 1.07 bits per heavy atom. The maximum atomic E-state index is 13.0. The predicted octanol–water partition coefficient (Wildman–Crippen LogP) is 5.90. The molecule has 2 N–H and O–H groups in total. The molecule has 6 heteroatoms. The van der Waals surface area contributed by atoms with E-state index in [-0.39, 0.29) is 36.2 Å². The van der Waals surface area contributed by atoms with Crippen LogP contribution >= 0.6 is 36.4 Å². The van der Waals surface area contributed by atoms with Gasteiger partial charge < -0.3 is 10.6 Å². The van der Waals surface area contributed by atoms with Crippen molar-refractivity contribution in [2.45, 2.75) is 50.1 Å². The van der Waals surface area contributed by atoms with Gasteiger partial charge >= 0.3 is 0 Å². The third-order valence-electron chi connectivity index (χ3n) is 5.66. The zero-order valence-electron chi connectivity index (χ0n) is 16.2. The summed E-state index contributed by atoms with van der Waals surface area (Å²) in [5, 5.41) is 8.21. The fraction of sp³-hybridized carbons (Fsp3) is 0.455. The Labute approximate surface area is 185 Å². The zero-order valence-corrected chi connectivity index (χ0v) is 18.6. The molecule has 2 atom stereocenters. The molecule has 0 bridgehead atoms. The number of rotatable bonds is 7. The van der Waals surface area contributed by atoms with E-state index < -0.39 is 0 Å². The van der Waals surface area contributed by atoms with Crippen LogP contribution < -0.4 is 10.6 Å². The number of hydrogen-bond acceptors (Lipinski definition) is 2. The molecular weight excluding hydrogens is 418 g/mol. The first-order chi connectivity index (χ1) is 12.7. The Kier molecular flexibility index (Phi) is 10.8. The summed E-state index contributed by atoms with van der Waals surface area (Å²) in [6.45, 7) is 0.940. The molecule has 1 aliphatic rings. The lowest BCUT2D eigenvalue weighted by atomic mass is 9.72. The van der Waals surface area contributed by atoms with Crippen LogP contribution in [-0.2, 0) is 12.0 Å². The highest BCUT2D eigenvalue weighted by molar-refractivity contribution is 6.31. The van der Waals surface area contributed by atoms with Crippen molar-refractivity contribution in [3.8, 4) is 0 Å². The summed E-state index contributed by atoms with van der Waals surface area (Å²) < 4.78 is 13.0. The molecule has 156 valence electrons. The molecule has 0 heterocycles. The van der Waals surface area contributed by atoms with Crippen LogP contribution in [0.2, 0.25) is 5.02 Å². The normalized spacial score (nSPS) is 21.5. The van der Waals surface area contributed by atoms with Gasteiger partial charge in [0.1, 0.15) is 5.82 Å². The average molecular weight is 448 g/mol. The molecule has 0 aromatic heterocycles. The van der Waals surface area contributed by atoms with Crippen molar-refractivity contribution < 1.29 is 4.39 Å². The minimum atomic E-state index is -0.173. The van der Waals surface area contributed by atoms with E-state index in [1.165, 1.54) is 36.1 Å². The van der Waals surface area contributed by atoms with Gasteiger partial charge in [-0.3, -0.25) is 0 Å². The van der Waals surface area contributed by atoms with Gasteiger partial charge in [0.25, 0.3) is 0 Å². The molecule has 0 spiro atoms. The van der Waals surface area contributed by atoms with Crippen LogP contribution in [-0.4, -0.2) is 19.6 Å². The third-order valence-corrected chi connectivity index (χ3v) is 5.99. The van der Waals surface area contributed by atoms with Crippen LogP contribution in [0.15, 0.2) is 48.5 Å². The van der Waals surface area contributed by atoms with Crippen molar-refractivity contribution in [2.75, 3.05) is 13.6 Å². The second-order valence-corrected chi connectivity index (χ2v) is 7.59. The van der Waals surface area contributed by atoms with Gasteiger partial charge in [0.2, 0.25) is 0 Å². The monoisotopic (exact) mass is 446 g/mol. The molecular formula is C22H30Cl3FN2. The molecule has 2 aromatic carbocycles. The number of hydrogen-bond donors (Lipinski definition) is 2. The molecule has 1 fully saturated rings. The largest absolute Gasteiger partial charge is 0.312 e. The highest BCUT2D eigenvalue weighted by atomic mass is 35.5. The lowest BCUT2D eigenvalue weighted by molar-refractivity contribution is 0.178. The van der Waals surface area contributed by atoms with E-state index in [0.717, 1.165) is 37.3 Å². The summed E-state index contributed by atoms with van der Waals surface area (Å²) in [5.41, 5.74) is 2.26. The summed E-state index contributed by atoms with van der Waals surface area (Å²) in [5.74, 6) is -0.173. The first kappa shape index (κ1) is 25.2. The van der Waals surface area contributed by atoms with Crippen molar-refractivity contribution >= 4 is 36.4 Å². The van der Waals surface area contributed by atoms with Crippen LogP contribution in [0.3, 0.4) is 0 Å². The molecule has 0 saturated heterocycles. The highest BCUT2D eigenvalue weighted by Gasteiger charge is 2.41. The lowest BCUT2D eigenvalue weighted by Crippen LogP contribution is -2.58. The first-order valence-electron chi connectivity index (χ1n) is 9.57. The SMILES string of the molecule is CN[C@]1(c2ccccc2Cl)CCCC[C@H]1NCCCc1ccc(F)cc1.Cl.Cl. The Balaban J connectivity index is 0.00000196. The van der Waals surface area contributed by atoms with Gasteiger partial charge in [0.15, 0.2) is 0 Å². The minimum Gasteiger partial charge on any atom is -0.312 e. The van der Waals surface area contributed by atoms with E-state index >= 15 is 0 Å². The van der Waals surface area contributed by atoms with Crippen molar-refractivity contribution in [1.82, 2.24) is 10.6 Å². The molecule has 3 rings (SSSR count). The van der Waals surface area contributed by atoms with Crippen molar-refractivity contribution in [3.05, 3.63) is 70.5 Å². The van der Waals surface area contributed by atoms with Gasteiger partial charge in [0.05, 0.1) is 5.54 Å². The smallest absolute Gasteiger partial charge is 0.123 e. The topological polar surface area (TPSA) is 24.1 Å². The standard InChI is InChI=1S/C22H28ClFN2.2ClH/c1-25-22(19-8-2-3-9-20(19)23)15-5-4-10-21(22)26-16-6-7-17-11-13-18(24)14-12-17;;/h2-3,8-9,11-14,21,25-26H,4-7,10,15-16H2,1H3;2*1H/t21-,22+;;/m1../s1. The number of halogens is 4. The number of nitrogens with one attached hydrogen (secondary N) is 2. The molecule has 2 aromatic rings. The van der Waals surface area contributed by atoms with E-state index in [1.54, 1.807) is 0 Å². The van der Waals surface area contributed by atoms with Crippen molar-refractivity contribution in [3.63, 3.8) is 0 Å². The summed E-state index contributed by atoms with van der Waals surface area (Å²) in [7, 11) is 2.04. The fourth-order valence-corrected chi connectivity index (χ4v) is 4.55. The second-order valence-electron chi connectivity index (χ2n) is 7.18. The van der Waals surface area contributed by atoms with Gasteiger partial charge in [-0.1, -0.05) is 54.8 Å². The predicted molar refractivity (Wildman–Crippen MR) is 122 cm³/mol. The fourth-order valence-electron chi connectivity index (χ4n) is 4.25. The molecule has 0 radical (unpaired) electrons. The Morgan fingerprint density at radius 3 is 2.46 bits per heavy atom. The second kappa shape index (κ2) is 12.0. The molecule has 2 nitrogen and oxygen atoms in total. The Bertz CT molecular complexity index is 711. The number of aryl methyl sites for hydroxylation is 1. The van der Waals surface area contributed by atoms with Gasteiger partial charge in [0, 0.05) is 11.1 Å². The maximum absolute atomic E-state index is 13.0. The molecule has 28 heavy (non-hydrogen) atoms. The van der Waals surface area contributed by atoms with Gasteiger partial charge in [-0.25, -0.2) is 4.39 Å². The zero-order chi connectivity index (χ0) is 18.4. The van der Waals surface area contributed by atoms with E-state index in [9.17, 15) is 4.39 Å². The molecule has 0 unspecified atom stereocenters. The molecule has 1 saturated carbocycles.